The molecule has 2 N–H and O–H groups in total. The van der Waals surface area contributed by atoms with Gasteiger partial charge in [0.25, 0.3) is 5.91 Å². The number of imidazole rings is 1. The van der Waals surface area contributed by atoms with E-state index in [1.807, 2.05) is 46.4 Å². The molecule has 3 heterocycles. The predicted molar refractivity (Wildman–Crippen MR) is 85.0 cm³/mol. The van der Waals surface area contributed by atoms with Crippen LogP contribution in [-0.2, 0) is 0 Å². The Balaban J connectivity index is 1.55. The first-order valence-electron chi connectivity index (χ1n) is 6.63. The number of benzene rings is 1. The number of fused-ring (bicyclic) bond motifs is 1. The minimum Gasteiger partial charge on any atom is -0.321 e. The average Bonchev–Trinajstić information content (AvgIpc) is 3.24. The number of H-pyrrole nitrogens is 1. The summed E-state index contributed by atoms with van der Waals surface area (Å²) in [5, 5.41) is 11.2. The van der Waals surface area contributed by atoms with Gasteiger partial charge in [-0.25, -0.2) is 4.98 Å². The topological polar surface area (TPSA) is 75.1 Å². The summed E-state index contributed by atoms with van der Waals surface area (Å²) in [6, 6.07) is 9.22. The average molecular weight is 309 g/mol. The number of rotatable bonds is 3. The molecule has 22 heavy (non-hydrogen) atoms. The quantitative estimate of drug-likeness (QED) is 0.611. The summed E-state index contributed by atoms with van der Waals surface area (Å²) in [5.74, 6) is -0.215. The van der Waals surface area contributed by atoms with Crippen molar-refractivity contribution in [2.45, 2.75) is 0 Å². The van der Waals surface area contributed by atoms with Crippen molar-refractivity contribution in [2.75, 3.05) is 5.32 Å². The molecule has 6 nitrogen and oxygen atoms in total. The van der Waals surface area contributed by atoms with Gasteiger partial charge in [0.2, 0.25) is 0 Å². The van der Waals surface area contributed by atoms with Crippen LogP contribution >= 0.6 is 11.3 Å². The normalized spacial score (nSPS) is 10.9. The van der Waals surface area contributed by atoms with E-state index in [-0.39, 0.29) is 5.91 Å². The van der Waals surface area contributed by atoms with Crippen molar-refractivity contribution in [3.8, 4) is 11.3 Å². The molecule has 108 valence electrons. The van der Waals surface area contributed by atoms with Crippen LogP contribution in [0.4, 0.5) is 5.69 Å². The number of thiazole rings is 1. The molecule has 0 aliphatic heterocycles. The van der Waals surface area contributed by atoms with Crippen LogP contribution in [0, 0.1) is 0 Å². The number of hydrogen-bond donors (Lipinski definition) is 2. The first kappa shape index (κ1) is 12.8. The van der Waals surface area contributed by atoms with Crippen molar-refractivity contribution < 1.29 is 4.79 Å². The van der Waals surface area contributed by atoms with Crippen LogP contribution in [-0.4, -0.2) is 25.5 Å². The third kappa shape index (κ3) is 2.27. The van der Waals surface area contributed by atoms with Gasteiger partial charge in [0.15, 0.2) is 4.96 Å². The number of aromatic nitrogens is 4. The molecule has 0 unspecified atom stereocenters. The third-order valence-electron chi connectivity index (χ3n) is 3.28. The number of nitrogens with zero attached hydrogens (tertiary/aromatic N) is 3. The van der Waals surface area contributed by atoms with E-state index in [2.05, 4.69) is 20.5 Å². The lowest BCUT2D eigenvalue weighted by Gasteiger charge is -2.04. The summed E-state index contributed by atoms with van der Waals surface area (Å²) < 4.78 is 1.99. The van der Waals surface area contributed by atoms with Crippen molar-refractivity contribution >= 4 is 27.9 Å². The lowest BCUT2D eigenvalue weighted by Crippen LogP contribution is -2.12. The van der Waals surface area contributed by atoms with Crippen molar-refractivity contribution in [1.29, 1.82) is 0 Å². The fraction of sp³-hybridized carbons (Fsp3) is 0. The number of amides is 1. The molecule has 0 saturated heterocycles. The summed E-state index contributed by atoms with van der Waals surface area (Å²) in [6.45, 7) is 0. The number of carbonyl (C=O) groups is 1. The molecular formula is C15H11N5OS. The highest BCUT2D eigenvalue weighted by atomic mass is 32.1. The molecule has 0 fully saturated rings. The van der Waals surface area contributed by atoms with E-state index in [1.165, 1.54) is 0 Å². The highest BCUT2D eigenvalue weighted by Gasteiger charge is 2.08. The molecule has 7 heteroatoms. The fourth-order valence-electron chi connectivity index (χ4n) is 2.17. The summed E-state index contributed by atoms with van der Waals surface area (Å²) in [4.78, 5) is 17.4. The molecule has 0 bridgehead atoms. The fourth-order valence-corrected chi connectivity index (χ4v) is 2.87. The van der Waals surface area contributed by atoms with Gasteiger partial charge in [0.1, 0.15) is 5.69 Å². The van der Waals surface area contributed by atoms with Gasteiger partial charge in [-0.2, -0.15) is 5.10 Å². The first-order valence-corrected chi connectivity index (χ1v) is 7.51. The Labute approximate surface area is 129 Å². The molecule has 4 aromatic rings. The number of carbonyl (C=O) groups excluding carboxylic acids is 1. The Bertz CT molecular complexity index is 892. The second-order valence-corrected chi connectivity index (χ2v) is 5.59. The molecule has 0 aliphatic rings. The SMILES string of the molecule is O=C(Nc1ccc(-c2cn3ccsc3n2)cc1)c1ccn[nH]1. The second-order valence-electron chi connectivity index (χ2n) is 4.72. The van der Waals surface area contributed by atoms with Gasteiger partial charge in [0.05, 0.1) is 5.69 Å². The van der Waals surface area contributed by atoms with E-state index in [0.717, 1.165) is 21.9 Å². The molecule has 3 aromatic heterocycles. The highest BCUT2D eigenvalue weighted by molar-refractivity contribution is 7.15. The monoisotopic (exact) mass is 309 g/mol. The van der Waals surface area contributed by atoms with Crippen LogP contribution in [0.1, 0.15) is 10.5 Å². The maximum atomic E-state index is 11.9. The van der Waals surface area contributed by atoms with Crippen LogP contribution in [0.5, 0.6) is 0 Å². The summed E-state index contributed by atoms with van der Waals surface area (Å²) in [5.41, 5.74) is 3.08. The van der Waals surface area contributed by atoms with Crippen LogP contribution in [0.25, 0.3) is 16.2 Å². The van der Waals surface area contributed by atoms with E-state index < -0.39 is 0 Å². The van der Waals surface area contributed by atoms with Gasteiger partial charge in [0, 0.05) is 35.2 Å². The standard InChI is InChI=1S/C15H11N5OS/c21-14(12-5-6-16-19-12)17-11-3-1-10(2-4-11)13-9-20-7-8-22-15(20)18-13/h1-9H,(H,16,19)(H,17,21). The van der Waals surface area contributed by atoms with Gasteiger partial charge in [-0.05, 0) is 18.2 Å². The molecule has 0 atom stereocenters. The maximum Gasteiger partial charge on any atom is 0.273 e. The number of aromatic amines is 1. The van der Waals surface area contributed by atoms with E-state index in [0.29, 0.717) is 5.69 Å². The van der Waals surface area contributed by atoms with Gasteiger partial charge in [-0.1, -0.05) is 12.1 Å². The van der Waals surface area contributed by atoms with Crippen molar-refractivity contribution in [3.63, 3.8) is 0 Å². The lowest BCUT2D eigenvalue weighted by molar-refractivity contribution is 0.102. The third-order valence-corrected chi connectivity index (χ3v) is 4.05. The number of hydrogen-bond acceptors (Lipinski definition) is 4. The molecular weight excluding hydrogens is 298 g/mol. The zero-order valence-electron chi connectivity index (χ0n) is 11.4. The van der Waals surface area contributed by atoms with E-state index in [1.54, 1.807) is 23.6 Å². The van der Waals surface area contributed by atoms with Crippen molar-refractivity contribution in [2.24, 2.45) is 0 Å². The van der Waals surface area contributed by atoms with Crippen molar-refractivity contribution in [1.82, 2.24) is 19.6 Å². The van der Waals surface area contributed by atoms with Crippen LogP contribution in [0.3, 0.4) is 0 Å². The van der Waals surface area contributed by atoms with E-state index in [4.69, 9.17) is 0 Å². The summed E-state index contributed by atoms with van der Waals surface area (Å²) >= 11 is 1.60. The molecule has 0 radical (unpaired) electrons. The Hall–Kier alpha value is -2.93. The minimum atomic E-state index is -0.215. The van der Waals surface area contributed by atoms with Gasteiger partial charge in [-0.3, -0.25) is 14.3 Å². The number of anilines is 1. The Morgan fingerprint density at radius 1 is 1.23 bits per heavy atom. The Kier molecular flexibility index (Phi) is 2.97. The Morgan fingerprint density at radius 2 is 2.09 bits per heavy atom. The molecule has 1 amide bonds. The highest BCUT2D eigenvalue weighted by Crippen LogP contribution is 2.23. The smallest absolute Gasteiger partial charge is 0.273 e. The maximum absolute atomic E-state index is 11.9. The van der Waals surface area contributed by atoms with Crippen LogP contribution in [0.2, 0.25) is 0 Å². The largest absolute Gasteiger partial charge is 0.321 e. The molecule has 0 saturated carbocycles. The first-order chi connectivity index (χ1) is 10.8. The second kappa shape index (κ2) is 5.12. The Morgan fingerprint density at radius 3 is 2.82 bits per heavy atom. The van der Waals surface area contributed by atoms with Gasteiger partial charge < -0.3 is 5.32 Å². The summed E-state index contributed by atoms with van der Waals surface area (Å²) in [7, 11) is 0. The number of nitrogens with one attached hydrogen (secondary N) is 2. The minimum absolute atomic E-state index is 0.215. The molecule has 1 aromatic carbocycles. The lowest BCUT2D eigenvalue weighted by atomic mass is 10.1. The zero-order valence-corrected chi connectivity index (χ0v) is 12.2. The van der Waals surface area contributed by atoms with E-state index in [9.17, 15) is 4.79 Å². The van der Waals surface area contributed by atoms with E-state index >= 15 is 0 Å². The van der Waals surface area contributed by atoms with Crippen molar-refractivity contribution in [3.05, 3.63) is 60.0 Å². The zero-order chi connectivity index (χ0) is 14.9. The van der Waals surface area contributed by atoms with Crippen LogP contribution < -0.4 is 5.32 Å². The molecule has 4 rings (SSSR count). The summed E-state index contributed by atoms with van der Waals surface area (Å²) in [6.07, 6.45) is 5.52. The van der Waals surface area contributed by atoms with Crippen LogP contribution in [0.15, 0.2) is 54.3 Å². The molecule has 0 spiro atoms. The van der Waals surface area contributed by atoms with Gasteiger partial charge in [-0.15, -0.1) is 11.3 Å². The van der Waals surface area contributed by atoms with Gasteiger partial charge >= 0.3 is 0 Å². The molecule has 0 aliphatic carbocycles. The predicted octanol–water partition coefficient (Wildman–Crippen LogP) is 3.04.